The minimum Gasteiger partial charge on any atom is -0.322 e. The maximum absolute atomic E-state index is 11.7. The third-order valence-corrected chi connectivity index (χ3v) is 5.37. The molecule has 1 aromatic rings. The van der Waals surface area contributed by atoms with Crippen molar-refractivity contribution in [3.8, 4) is 0 Å². The molecule has 20 heavy (non-hydrogen) atoms. The summed E-state index contributed by atoms with van der Waals surface area (Å²) in [5.41, 5.74) is 7.15. The number of rotatable bonds is 4. The van der Waals surface area contributed by atoms with Crippen LogP contribution in [0.15, 0.2) is 30.3 Å². The third-order valence-electron chi connectivity index (χ3n) is 4.10. The average Bonchev–Trinajstić information content (AvgIpc) is 2.38. The Hall–Kier alpha value is -0.910. The Labute approximate surface area is 122 Å². The molecule has 5 heteroatoms. The largest absolute Gasteiger partial charge is 0.322 e. The fraction of sp³-hybridized carbons (Fsp3) is 0.600. The molecule has 2 N–H and O–H groups in total. The van der Waals surface area contributed by atoms with Crippen molar-refractivity contribution >= 4 is 10.0 Å². The zero-order valence-electron chi connectivity index (χ0n) is 12.2. The van der Waals surface area contributed by atoms with Crippen molar-refractivity contribution in [2.45, 2.75) is 31.7 Å². The summed E-state index contributed by atoms with van der Waals surface area (Å²) in [6.45, 7) is 3.27. The summed E-state index contributed by atoms with van der Waals surface area (Å²) < 4.78 is 24.9. The lowest BCUT2D eigenvalue weighted by Gasteiger charge is -2.36. The highest BCUT2D eigenvalue weighted by Crippen LogP contribution is 2.30. The molecule has 0 bridgehead atoms. The van der Waals surface area contributed by atoms with Gasteiger partial charge in [0.25, 0.3) is 0 Å². The van der Waals surface area contributed by atoms with Crippen LogP contribution < -0.4 is 5.73 Å². The Bertz CT molecular complexity index is 540. The van der Waals surface area contributed by atoms with Crippen molar-refractivity contribution in [3.05, 3.63) is 35.9 Å². The summed E-state index contributed by atoms with van der Waals surface area (Å²) in [7, 11) is -3.09. The Morgan fingerprint density at radius 1 is 1.35 bits per heavy atom. The highest BCUT2D eigenvalue weighted by Gasteiger charge is 2.31. The number of benzene rings is 1. The van der Waals surface area contributed by atoms with Crippen molar-refractivity contribution in [1.29, 1.82) is 0 Å². The maximum atomic E-state index is 11.7. The molecule has 0 amide bonds. The van der Waals surface area contributed by atoms with E-state index in [1.165, 1.54) is 6.26 Å². The average molecular weight is 296 g/mol. The standard InChI is InChI=1S/C15H24N2O2S/c1-15(16,14-8-4-3-5-9-14)11-13-7-6-10-17(12-13)20(2,18)19/h3-5,8-9,13H,6-7,10-12,16H2,1-2H3. The number of piperidine rings is 1. The molecule has 1 fully saturated rings. The minimum absolute atomic E-state index is 0.327. The lowest BCUT2D eigenvalue weighted by atomic mass is 9.81. The van der Waals surface area contributed by atoms with Crippen LogP contribution in [0.1, 0.15) is 31.7 Å². The van der Waals surface area contributed by atoms with Crippen LogP contribution in [0.25, 0.3) is 0 Å². The number of nitrogens with zero attached hydrogens (tertiary/aromatic N) is 1. The molecule has 1 aliphatic heterocycles. The molecule has 2 rings (SSSR count). The Kier molecular flexibility index (Phi) is 4.52. The smallest absolute Gasteiger partial charge is 0.211 e. The second-order valence-corrected chi connectivity index (χ2v) is 8.10. The quantitative estimate of drug-likeness (QED) is 0.923. The highest BCUT2D eigenvalue weighted by molar-refractivity contribution is 7.88. The van der Waals surface area contributed by atoms with Crippen molar-refractivity contribution in [2.24, 2.45) is 11.7 Å². The normalized spacial score (nSPS) is 24.2. The van der Waals surface area contributed by atoms with Gasteiger partial charge in [0.1, 0.15) is 0 Å². The van der Waals surface area contributed by atoms with Gasteiger partial charge < -0.3 is 5.73 Å². The first-order chi connectivity index (χ1) is 9.29. The number of sulfonamides is 1. The molecule has 2 atom stereocenters. The van der Waals surface area contributed by atoms with Gasteiger partial charge in [-0.05, 0) is 37.7 Å². The zero-order chi connectivity index (χ0) is 14.8. The van der Waals surface area contributed by atoms with Gasteiger partial charge in [-0.2, -0.15) is 0 Å². The summed E-state index contributed by atoms with van der Waals surface area (Å²) in [4.78, 5) is 0. The Balaban J connectivity index is 2.06. The predicted octanol–water partition coefficient (Wildman–Crippen LogP) is 1.92. The van der Waals surface area contributed by atoms with Gasteiger partial charge in [-0.3, -0.25) is 0 Å². The van der Waals surface area contributed by atoms with Gasteiger partial charge in [0.15, 0.2) is 0 Å². The molecule has 0 spiro atoms. The topological polar surface area (TPSA) is 63.4 Å². The molecule has 0 aromatic heterocycles. The maximum Gasteiger partial charge on any atom is 0.211 e. The van der Waals surface area contributed by atoms with E-state index in [0.717, 1.165) is 24.8 Å². The van der Waals surface area contributed by atoms with E-state index in [2.05, 4.69) is 0 Å². The van der Waals surface area contributed by atoms with E-state index in [1.807, 2.05) is 37.3 Å². The van der Waals surface area contributed by atoms with Gasteiger partial charge >= 0.3 is 0 Å². The van der Waals surface area contributed by atoms with Crippen LogP contribution in [0.2, 0.25) is 0 Å². The van der Waals surface area contributed by atoms with Crippen LogP contribution >= 0.6 is 0 Å². The van der Waals surface area contributed by atoms with Gasteiger partial charge in [-0.1, -0.05) is 30.3 Å². The molecule has 1 aromatic carbocycles. The number of hydrogen-bond donors (Lipinski definition) is 1. The first kappa shape index (κ1) is 15.5. The summed E-state index contributed by atoms with van der Waals surface area (Å²) in [5, 5.41) is 0. The lowest BCUT2D eigenvalue weighted by molar-refractivity contribution is 0.221. The molecule has 1 aliphatic rings. The van der Waals surface area contributed by atoms with Crippen molar-refractivity contribution < 1.29 is 8.42 Å². The molecule has 1 saturated heterocycles. The van der Waals surface area contributed by atoms with Crippen molar-refractivity contribution in [3.63, 3.8) is 0 Å². The van der Waals surface area contributed by atoms with E-state index in [9.17, 15) is 8.42 Å². The molecule has 0 aliphatic carbocycles. The molecular formula is C15H24N2O2S. The second-order valence-electron chi connectivity index (χ2n) is 6.12. The van der Waals surface area contributed by atoms with E-state index >= 15 is 0 Å². The second kappa shape index (κ2) is 5.84. The van der Waals surface area contributed by atoms with Crippen LogP contribution in [0.3, 0.4) is 0 Å². The summed E-state index contributed by atoms with van der Waals surface area (Å²) >= 11 is 0. The molecular weight excluding hydrogens is 272 g/mol. The van der Waals surface area contributed by atoms with Crippen molar-refractivity contribution in [2.75, 3.05) is 19.3 Å². The first-order valence-corrected chi connectivity index (χ1v) is 8.93. The van der Waals surface area contributed by atoms with Crippen LogP contribution in [0.4, 0.5) is 0 Å². The van der Waals surface area contributed by atoms with Crippen molar-refractivity contribution in [1.82, 2.24) is 4.31 Å². The molecule has 1 heterocycles. The van der Waals surface area contributed by atoms with Crippen LogP contribution in [-0.4, -0.2) is 32.1 Å². The number of nitrogens with two attached hydrogens (primary N) is 1. The molecule has 2 unspecified atom stereocenters. The van der Waals surface area contributed by atoms with Gasteiger partial charge in [-0.15, -0.1) is 0 Å². The first-order valence-electron chi connectivity index (χ1n) is 7.08. The van der Waals surface area contributed by atoms with Crippen LogP contribution in [-0.2, 0) is 15.6 Å². The number of hydrogen-bond acceptors (Lipinski definition) is 3. The van der Waals surface area contributed by atoms with Crippen LogP contribution in [0, 0.1) is 5.92 Å². The summed E-state index contributed by atoms with van der Waals surface area (Å²) in [6, 6.07) is 10.0. The monoisotopic (exact) mass is 296 g/mol. The molecule has 112 valence electrons. The summed E-state index contributed by atoms with van der Waals surface area (Å²) in [5.74, 6) is 0.327. The van der Waals surface area contributed by atoms with Gasteiger partial charge in [-0.25, -0.2) is 12.7 Å². The van der Waals surface area contributed by atoms with E-state index in [1.54, 1.807) is 4.31 Å². The van der Waals surface area contributed by atoms with Gasteiger partial charge in [0, 0.05) is 18.6 Å². The third kappa shape index (κ3) is 3.81. The molecule has 4 nitrogen and oxygen atoms in total. The predicted molar refractivity (Wildman–Crippen MR) is 81.7 cm³/mol. The molecule has 0 radical (unpaired) electrons. The fourth-order valence-electron chi connectivity index (χ4n) is 3.03. The Morgan fingerprint density at radius 3 is 2.60 bits per heavy atom. The highest BCUT2D eigenvalue weighted by atomic mass is 32.2. The SMILES string of the molecule is CC(N)(CC1CCCN(S(C)(=O)=O)C1)c1ccccc1. The van der Waals surface area contributed by atoms with E-state index < -0.39 is 15.6 Å². The van der Waals surface area contributed by atoms with Gasteiger partial charge in [0.2, 0.25) is 10.0 Å². The minimum atomic E-state index is -3.09. The Morgan fingerprint density at radius 2 is 2.00 bits per heavy atom. The fourth-order valence-corrected chi connectivity index (χ4v) is 3.97. The lowest BCUT2D eigenvalue weighted by Crippen LogP contribution is -2.43. The summed E-state index contributed by atoms with van der Waals surface area (Å²) in [6.07, 6.45) is 4.06. The van der Waals surface area contributed by atoms with E-state index in [0.29, 0.717) is 19.0 Å². The van der Waals surface area contributed by atoms with Gasteiger partial charge in [0.05, 0.1) is 6.26 Å². The van der Waals surface area contributed by atoms with E-state index in [-0.39, 0.29) is 0 Å². The molecule has 0 saturated carbocycles. The zero-order valence-corrected chi connectivity index (χ0v) is 13.1. The van der Waals surface area contributed by atoms with Crippen LogP contribution in [0.5, 0.6) is 0 Å². The van der Waals surface area contributed by atoms with E-state index in [4.69, 9.17) is 5.73 Å².